The Bertz CT molecular complexity index is 230. The normalized spacial score (nSPS) is 10.1. The highest BCUT2D eigenvalue weighted by Crippen LogP contribution is 2.12. The van der Waals surface area contributed by atoms with Crippen molar-refractivity contribution < 1.29 is 4.74 Å². The number of aromatic nitrogens is 2. The number of ether oxygens (including phenoxy) is 1. The van der Waals surface area contributed by atoms with Crippen LogP contribution in [0.5, 0.6) is 5.88 Å². The second kappa shape index (κ2) is 3.42. The quantitative estimate of drug-likeness (QED) is 0.661. The molecule has 62 valence electrons. The van der Waals surface area contributed by atoms with E-state index in [1.165, 1.54) is 0 Å². The summed E-state index contributed by atoms with van der Waals surface area (Å²) in [5, 5.41) is 4.24. The van der Waals surface area contributed by atoms with Crippen LogP contribution in [0.3, 0.4) is 0 Å². The lowest BCUT2D eigenvalue weighted by Gasteiger charge is -2.03. The van der Waals surface area contributed by atoms with Gasteiger partial charge >= 0.3 is 0 Å². The van der Waals surface area contributed by atoms with Crippen LogP contribution in [0.1, 0.15) is 19.5 Å². The van der Waals surface area contributed by atoms with Crippen LogP contribution in [0.4, 0.5) is 0 Å². The molecule has 1 aromatic rings. The van der Waals surface area contributed by atoms with Crippen molar-refractivity contribution in [3.8, 4) is 5.88 Å². The predicted molar refractivity (Wildman–Crippen MR) is 43.8 cm³/mol. The Hall–Kier alpha value is -0.990. The van der Waals surface area contributed by atoms with Crippen LogP contribution in [0.2, 0.25) is 0 Å². The average Bonchev–Trinajstić information content (AvgIpc) is 2.32. The van der Waals surface area contributed by atoms with Crippen LogP contribution in [0.25, 0.3) is 0 Å². The van der Waals surface area contributed by atoms with Gasteiger partial charge in [-0.3, -0.25) is 0 Å². The van der Waals surface area contributed by atoms with Gasteiger partial charge in [0.2, 0.25) is 5.88 Å². The van der Waals surface area contributed by atoms with E-state index in [2.05, 4.69) is 12.0 Å². The first-order chi connectivity index (χ1) is 5.27. The molecule has 0 aliphatic rings. The van der Waals surface area contributed by atoms with Crippen molar-refractivity contribution in [1.82, 2.24) is 9.78 Å². The molecule has 0 aliphatic carbocycles. The molecule has 0 atom stereocenters. The second-order valence-corrected chi connectivity index (χ2v) is 2.37. The molecule has 0 radical (unpaired) electrons. The topological polar surface area (TPSA) is 27.1 Å². The minimum absolute atomic E-state index is 0.700. The van der Waals surface area contributed by atoms with Gasteiger partial charge in [0, 0.05) is 12.6 Å². The number of nitrogens with zero attached hydrogens (tertiary/aromatic N) is 2. The molecule has 0 spiro atoms. The average molecular weight is 154 g/mol. The van der Waals surface area contributed by atoms with Crippen LogP contribution in [0.15, 0.2) is 6.07 Å². The highest BCUT2D eigenvalue weighted by molar-refractivity contribution is 5.14. The third-order valence-corrected chi connectivity index (χ3v) is 1.46. The van der Waals surface area contributed by atoms with Gasteiger partial charge in [-0.05, 0) is 20.8 Å². The molecule has 0 amide bonds. The maximum atomic E-state index is 5.35. The van der Waals surface area contributed by atoms with Crippen molar-refractivity contribution in [3.63, 3.8) is 0 Å². The first kappa shape index (κ1) is 8.11. The number of hydrogen-bond acceptors (Lipinski definition) is 2. The maximum Gasteiger partial charge on any atom is 0.211 e. The highest BCUT2D eigenvalue weighted by Gasteiger charge is 2.02. The molecule has 0 bridgehead atoms. The van der Waals surface area contributed by atoms with Gasteiger partial charge in [-0.1, -0.05) is 0 Å². The van der Waals surface area contributed by atoms with Crippen LogP contribution >= 0.6 is 0 Å². The summed E-state index contributed by atoms with van der Waals surface area (Å²) in [6, 6.07) is 1.95. The van der Waals surface area contributed by atoms with Crippen molar-refractivity contribution in [1.29, 1.82) is 0 Å². The smallest absolute Gasteiger partial charge is 0.211 e. The Kier molecular flexibility index (Phi) is 2.52. The largest absolute Gasteiger partial charge is 0.478 e. The molecule has 0 unspecified atom stereocenters. The molecule has 0 fully saturated rings. The van der Waals surface area contributed by atoms with E-state index in [1.807, 2.05) is 24.6 Å². The van der Waals surface area contributed by atoms with Crippen LogP contribution in [-0.2, 0) is 6.54 Å². The van der Waals surface area contributed by atoms with Crippen molar-refractivity contribution in [2.75, 3.05) is 6.61 Å². The lowest BCUT2D eigenvalue weighted by atomic mass is 10.5. The summed E-state index contributed by atoms with van der Waals surface area (Å²) in [7, 11) is 0. The monoisotopic (exact) mass is 154 g/mol. The zero-order valence-corrected chi connectivity index (χ0v) is 7.29. The summed E-state index contributed by atoms with van der Waals surface area (Å²) < 4.78 is 7.21. The zero-order valence-electron chi connectivity index (χ0n) is 7.29. The van der Waals surface area contributed by atoms with E-state index < -0.39 is 0 Å². The first-order valence-electron chi connectivity index (χ1n) is 3.95. The Morgan fingerprint density at radius 1 is 1.55 bits per heavy atom. The predicted octanol–water partition coefficient (Wildman–Crippen LogP) is 1.61. The standard InChI is InChI=1S/C8H14N2O/c1-4-10-8(11-5-2)6-7(3)9-10/h6H,4-5H2,1-3H3. The second-order valence-electron chi connectivity index (χ2n) is 2.37. The fraction of sp³-hybridized carbons (Fsp3) is 0.625. The minimum atomic E-state index is 0.700. The summed E-state index contributed by atoms with van der Waals surface area (Å²) in [6.45, 7) is 7.56. The summed E-state index contributed by atoms with van der Waals surface area (Å²) in [5.74, 6) is 0.868. The van der Waals surface area contributed by atoms with E-state index in [4.69, 9.17) is 4.74 Å². The number of rotatable bonds is 3. The molecule has 3 heteroatoms. The molecular weight excluding hydrogens is 140 g/mol. The molecule has 1 heterocycles. The minimum Gasteiger partial charge on any atom is -0.478 e. The Morgan fingerprint density at radius 3 is 2.82 bits per heavy atom. The van der Waals surface area contributed by atoms with Gasteiger partial charge in [-0.15, -0.1) is 0 Å². The zero-order chi connectivity index (χ0) is 8.27. The molecule has 11 heavy (non-hydrogen) atoms. The lowest BCUT2D eigenvalue weighted by Crippen LogP contribution is -2.02. The Morgan fingerprint density at radius 2 is 2.27 bits per heavy atom. The summed E-state index contributed by atoms with van der Waals surface area (Å²) >= 11 is 0. The van der Waals surface area contributed by atoms with Gasteiger partial charge in [0.05, 0.1) is 12.3 Å². The van der Waals surface area contributed by atoms with Crippen LogP contribution in [-0.4, -0.2) is 16.4 Å². The van der Waals surface area contributed by atoms with Crippen LogP contribution in [0, 0.1) is 6.92 Å². The molecule has 0 aromatic carbocycles. The fourth-order valence-corrected chi connectivity index (χ4v) is 1.01. The van der Waals surface area contributed by atoms with Gasteiger partial charge in [0.25, 0.3) is 0 Å². The molecule has 0 aliphatic heterocycles. The van der Waals surface area contributed by atoms with Crippen molar-refractivity contribution in [2.24, 2.45) is 0 Å². The maximum absolute atomic E-state index is 5.35. The van der Waals surface area contributed by atoms with Crippen LogP contribution < -0.4 is 4.74 Å². The molecule has 0 saturated carbocycles. The third kappa shape index (κ3) is 1.73. The molecule has 0 N–H and O–H groups in total. The van der Waals surface area contributed by atoms with E-state index >= 15 is 0 Å². The number of hydrogen-bond donors (Lipinski definition) is 0. The SMILES string of the molecule is CCOc1cc(C)nn1CC. The van der Waals surface area contributed by atoms with Crippen molar-refractivity contribution in [3.05, 3.63) is 11.8 Å². The Balaban J connectivity index is 2.83. The molecule has 0 saturated heterocycles. The fourth-order valence-electron chi connectivity index (χ4n) is 1.01. The molecule has 1 aromatic heterocycles. The summed E-state index contributed by atoms with van der Waals surface area (Å²) in [5.41, 5.74) is 1.01. The lowest BCUT2D eigenvalue weighted by molar-refractivity contribution is 0.303. The van der Waals surface area contributed by atoms with E-state index in [0.717, 1.165) is 18.1 Å². The molecule has 3 nitrogen and oxygen atoms in total. The van der Waals surface area contributed by atoms with Gasteiger partial charge < -0.3 is 4.74 Å². The first-order valence-corrected chi connectivity index (χ1v) is 3.95. The summed E-state index contributed by atoms with van der Waals surface area (Å²) in [4.78, 5) is 0. The van der Waals surface area contributed by atoms with Gasteiger partial charge in [-0.25, -0.2) is 4.68 Å². The van der Waals surface area contributed by atoms with E-state index in [-0.39, 0.29) is 0 Å². The number of aryl methyl sites for hydroxylation is 2. The molecular formula is C8H14N2O. The van der Waals surface area contributed by atoms with E-state index in [9.17, 15) is 0 Å². The van der Waals surface area contributed by atoms with Crippen molar-refractivity contribution >= 4 is 0 Å². The summed E-state index contributed by atoms with van der Waals surface area (Å²) in [6.07, 6.45) is 0. The van der Waals surface area contributed by atoms with Gasteiger partial charge in [0.1, 0.15) is 0 Å². The molecule has 1 rings (SSSR count). The van der Waals surface area contributed by atoms with Gasteiger partial charge in [-0.2, -0.15) is 5.10 Å². The Labute approximate surface area is 67.0 Å². The van der Waals surface area contributed by atoms with E-state index in [0.29, 0.717) is 6.61 Å². The highest BCUT2D eigenvalue weighted by atomic mass is 16.5. The third-order valence-electron chi connectivity index (χ3n) is 1.46. The van der Waals surface area contributed by atoms with E-state index in [1.54, 1.807) is 0 Å². The van der Waals surface area contributed by atoms with Gasteiger partial charge in [0.15, 0.2) is 0 Å². The van der Waals surface area contributed by atoms with Crippen molar-refractivity contribution in [2.45, 2.75) is 27.3 Å².